The number of hydrogen-bond donors (Lipinski definition) is 1. The smallest absolute Gasteiger partial charge is 0.126 e. The summed E-state index contributed by atoms with van der Waals surface area (Å²) in [4.78, 5) is 0. The Kier molecular flexibility index (Phi) is 4.56. The molecule has 0 aliphatic rings. The van der Waals surface area contributed by atoms with Crippen molar-refractivity contribution in [3.63, 3.8) is 0 Å². The molecule has 0 bridgehead atoms. The van der Waals surface area contributed by atoms with E-state index in [1.54, 1.807) is 25.3 Å². The summed E-state index contributed by atoms with van der Waals surface area (Å²) in [5.41, 5.74) is 0.669. The number of ether oxygens (including phenoxy) is 1. The van der Waals surface area contributed by atoms with Crippen LogP contribution in [-0.4, -0.2) is 24.9 Å². The quantitative estimate of drug-likeness (QED) is 0.781. The van der Waals surface area contributed by atoms with Crippen LogP contribution in [0.5, 0.6) is 0 Å². The van der Waals surface area contributed by atoms with Crippen molar-refractivity contribution in [1.29, 1.82) is 0 Å². The minimum atomic E-state index is -0.199. The molecule has 1 rings (SSSR count). The number of benzene rings is 1. The number of hydrogen-bond acceptors (Lipinski definition) is 2. The molecule has 0 radical (unpaired) electrons. The van der Waals surface area contributed by atoms with E-state index in [-0.39, 0.29) is 18.5 Å². The van der Waals surface area contributed by atoms with Gasteiger partial charge in [-0.2, -0.15) is 0 Å². The number of aryl methyl sites for hydroxylation is 1. The second kappa shape index (κ2) is 5.73. The summed E-state index contributed by atoms with van der Waals surface area (Å²) in [6, 6.07) is 6.66. The molecule has 0 aliphatic carbocycles. The van der Waals surface area contributed by atoms with Gasteiger partial charge >= 0.3 is 0 Å². The van der Waals surface area contributed by atoms with Crippen LogP contribution in [0.15, 0.2) is 24.3 Å². The van der Waals surface area contributed by atoms with Crippen LogP contribution in [0.1, 0.15) is 12.0 Å². The first-order valence-electron chi connectivity index (χ1n) is 4.65. The minimum absolute atomic E-state index is 0.0229. The predicted molar refractivity (Wildman–Crippen MR) is 52.6 cm³/mol. The highest BCUT2D eigenvalue weighted by molar-refractivity contribution is 5.17. The summed E-state index contributed by atoms with van der Waals surface area (Å²) in [7, 11) is 1.54. The highest BCUT2D eigenvalue weighted by Crippen LogP contribution is 2.10. The largest absolute Gasteiger partial charge is 0.394 e. The summed E-state index contributed by atoms with van der Waals surface area (Å²) in [5, 5.41) is 8.85. The highest BCUT2D eigenvalue weighted by atomic mass is 19.1. The molecule has 3 heteroatoms. The first-order valence-corrected chi connectivity index (χ1v) is 4.65. The van der Waals surface area contributed by atoms with Crippen LogP contribution in [0.2, 0.25) is 0 Å². The maximum Gasteiger partial charge on any atom is 0.126 e. The molecule has 0 fully saturated rings. The predicted octanol–water partition coefficient (Wildman–Crippen LogP) is 1.77. The van der Waals surface area contributed by atoms with Gasteiger partial charge in [-0.05, 0) is 24.5 Å². The average Bonchev–Trinajstić information content (AvgIpc) is 2.22. The molecule has 0 aliphatic heterocycles. The normalized spacial score (nSPS) is 12.8. The maximum absolute atomic E-state index is 13.1. The lowest BCUT2D eigenvalue weighted by Crippen LogP contribution is -2.16. The molecule has 1 atom stereocenters. The SMILES string of the molecule is COC(CO)CCc1ccccc1F. The van der Waals surface area contributed by atoms with Gasteiger partial charge < -0.3 is 9.84 Å². The zero-order valence-corrected chi connectivity index (χ0v) is 8.24. The number of rotatable bonds is 5. The first-order chi connectivity index (χ1) is 6.77. The molecule has 2 nitrogen and oxygen atoms in total. The Balaban J connectivity index is 2.49. The van der Waals surface area contributed by atoms with Gasteiger partial charge in [0.05, 0.1) is 12.7 Å². The van der Waals surface area contributed by atoms with E-state index in [1.807, 2.05) is 0 Å². The van der Waals surface area contributed by atoms with Crippen LogP contribution in [0.25, 0.3) is 0 Å². The molecule has 1 aromatic carbocycles. The molecule has 0 saturated heterocycles. The van der Waals surface area contributed by atoms with Gasteiger partial charge in [-0.3, -0.25) is 0 Å². The number of aliphatic hydroxyl groups excluding tert-OH is 1. The van der Waals surface area contributed by atoms with Crippen LogP contribution >= 0.6 is 0 Å². The Morgan fingerprint density at radius 3 is 2.71 bits per heavy atom. The third kappa shape index (κ3) is 3.09. The number of aliphatic hydroxyl groups is 1. The van der Waals surface area contributed by atoms with E-state index in [0.717, 1.165) is 0 Å². The van der Waals surface area contributed by atoms with Crippen LogP contribution < -0.4 is 0 Å². The molecule has 1 unspecified atom stereocenters. The van der Waals surface area contributed by atoms with Crippen molar-refractivity contribution in [3.05, 3.63) is 35.6 Å². The van der Waals surface area contributed by atoms with Crippen molar-refractivity contribution in [2.75, 3.05) is 13.7 Å². The summed E-state index contributed by atoms with van der Waals surface area (Å²) in [6.07, 6.45) is 1.02. The summed E-state index contributed by atoms with van der Waals surface area (Å²) in [5.74, 6) is -0.194. The van der Waals surface area contributed by atoms with Crippen molar-refractivity contribution in [3.8, 4) is 0 Å². The van der Waals surface area contributed by atoms with Crippen molar-refractivity contribution < 1.29 is 14.2 Å². The molecule has 0 saturated carbocycles. The van der Waals surface area contributed by atoms with E-state index in [4.69, 9.17) is 9.84 Å². The third-order valence-corrected chi connectivity index (χ3v) is 2.23. The van der Waals surface area contributed by atoms with Crippen LogP contribution in [0, 0.1) is 5.82 Å². The fourth-order valence-corrected chi connectivity index (χ4v) is 1.30. The van der Waals surface area contributed by atoms with Gasteiger partial charge in [0.15, 0.2) is 0 Å². The van der Waals surface area contributed by atoms with Gasteiger partial charge in [0, 0.05) is 7.11 Å². The number of methoxy groups -OCH3 is 1. The van der Waals surface area contributed by atoms with Gasteiger partial charge in [-0.25, -0.2) is 4.39 Å². The van der Waals surface area contributed by atoms with Gasteiger partial charge in [0.25, 0.3) is 0 Å². The van der Waals surface area contributed by atoms with E-state index >= 15 is 0 Å². The summed E-state index contributed by atoms with van der Waals surface area (Å²) < 4.78 is 18.1. The monoisotopic (exact) mass is 198 g/mol. The second-order valence-electron chi connectivity index (χ2n) is 3.17. The van der Waals surface area contributed by atoms with E-state index in [1.165, 1.54) is 6.07 Å². The van der Waals surface area contributed by atoms with Crippen molar-refractivity contribution in [1.82, 2.24) is 0 Å². The lowest BCUT2D eigenvalue weighted by atomic mass is 10.1. The lowest BCUT2D eigenvalue weighted by molar-refractivity contribution is 0.0434. The van der Waals surface area contributed by atoms with E-state index in [9.17, 15) is 4.39 Å². The molecule has 14 heavy (non-hydrogen) atoms. The van der Waals surface area contributed by atoms with Gasteiger partial charge in [-0.1, -0.05) is 18.2 Å². The first kappa shape index (κ1) is 11.1. The standard InChI is InChI=1S/C11H15FO2/c1-14-10(8-13)7-6-9-4-2-3-5-11(9)12/h2-5,10,13H,6-8H2,1H3. The van der Waals surface area contributed by atoms with Crippen molar-refractivity contribution in [2.24, 2.45) is 0 Å². The van der Waals surface area contributed by atoms with Crippen molar-refractivity contribution in [2.45, 2.75) is 18.9 Å². The molecule has 78 valence electrons. The third-order valence-electron chi connectivity index (χ3n) is 2.23. The Morgan fingerprint density at radius 2 is 2.14 bits per heavy atom. The zero-order valence-electron chi connectivity index (χ0n) is 8.24. The molecule has 0 spiro atoms. The molecule has 1 aromatic rings. The minimum Gasteiger partial charge on any atom is -0.394 e. The lowest BCUT2D eigenvalue weighted by Gasteiger charge is -2.11. The topological polar surface area (TPSA) is 29.5 Å². The van der Waals surface area contributed by atoms with Crippen LogP contribution in [0.4, 0.5) is 4.39 Å². The fourth-order valence-electron chi connectivity index (χ4n) is 1.30. The fraction of sp³-hybridized carbons (Fsp3) is 0.455. The Bertz CT molecular complexity index is 272. The zero-order chi connectivity index (χ0) is 10.4. The van der Waals surface area contributed by atoms with Gasteiger partial charge in [0.2, 0.25) is 0 Å². The summed E-state index contributed by atoms with van der Waals surface area (Å²) in [6.45, 7) is -0.0229. The molecule has 0 aromatic heterocycles. The Hall–Kier alpha value is -0.930. The van der Waals surface area contributed by atoms with Gasteiger partial charge in [0.1, 0.15) is 5.82 Å². The van der Waals surface area contributed by atoms with E-state index in [2.05, 4.69) is 0 Å². The highest BCUT2D eigenvalue weighted by Gasteiger charge is 2.07. The molecular weight excluding hydrogens is 183 g/mol. The number of halogens is 1. The molecular formula is C11H15FO2. The summed E-state index contributed by atoms with van der Waals surface area (Å²) >= 11 is 0. The van der Waals surface area contributed by atoms with E-state index in [0.29, 0.717) is 18.4 Å². The average molecular weight is 198 g/mol. The van der Waals surface area contributed by atoms with Gasteiger partial charge in [-0.15, -0.1) is 0 Å². The van der Waals surface area contributed by atoms with Crippen LogP contribution in [-0.2, 0) is 11.2 Å². The Labute approximate surface area is 83.3 Å². The van der Waals surface area contributed by atoms with Crippen molar-refractivity contribution >= 4 is 0 Å². The molecule has 0 amide bonds. The van der Waals surface area contributed by atoms with E-state index < -0.39 is 0 Å². The second-order valence-corrected chi connectivity index (χ2v) is 3.17. The van der Waals surface area contributed by atoms with Crippen LogP contribution in [0.3, 0.4) is 0 Å². The molecule has 1 N–H and O–H groups in total. The molecule has 0 heterocycles. The Morgan fingerprint density at radius 1 is 1.43 bits per heavy atom. The maximum atomic E-state index is 13.1.